The van der Waals surface area contributed by atoms with Gasteiger partial charge in [-0.25, -0.2) is 9.18 Å². The van der Waals surface area contributed by atoms with Crippen molar-refractivity contribution in [3.63, 3.8) is 0 Å². The number of hydrogen-bond donors (Lipinski definition) is 1. The maximum Gasteiger partial charge on any atom is 0.322 e. The quantitative estimate of drug-likeness (QED) is 0.391. The summed E-state index contributed by atoms with van der Waals surface area (Å²) in [6.07, 6.45) is 1.99. The monoisotopic (exact) mass is 431 g/mol. The van der Waals surface area contributed by atoms with E-state index >= 15 is 0 Å². The summed E-state index contributed by atoms with van der Waals surface area (Å²) in [6.45, 7) is 0.402. The number of anilines is 1. The SMILES string of the molecule is O=C(Nc1ccc(Cl)cc1)N1Cc2ccccc2-n2cccc2[C@@H]1c1ccc(F)cc1. The molecule has 2 amide bonds. The number of carbonyl (C=O) groups excluding carboxylic acids is 1. The van der Waals surface area contributed by atoms with E-state index < -0.39 is 6.04 Å². The largest absolute Gasteiger partial charge is 0.322 e. The van der Waals surface area contributed by atoms with Crippen molar-refractivity contribution in [3.05, 3.63) is 119 Å². The number of para-hydroxylation sites is 1. The maximum absolute atomic E-state index is 13.7. The van der Waals surface area contributed by atoms with Crippen molar-refractivity contribution in [1.82, 2.24) is 9.47 Å². The highest BCUT2D eigenvalue weighted by Crippen LogP contribution is 2.37. The van der Waals surface area contributed by atoms with E-state index in [2.05, 4.69) is 9.88 Å². The van der Waals surface area contributed by atoms with Crippen LogP contribution >= 0.6 is 11.6 Å². The van der Waals surface area contributed by atoms with Gasteiger partial charge in [0.15, 0.2) is 0 Å². The maximum atomic E-state index is 13.7. The van der Waals surface area contributed by atoms with Gasteiger partial charge in [-0.05, 0) is 65.7 Å². The molecule has 2 heterocycles. The zero-order valence-electron chi connectivity index (χ0n) is 16.5. The van der Waals surface area contributed by atoms with Crippen molar-refractivity contribution in [3.8, 4) is 5.69 Å². The fourth-order valence-electron chi connectivity index (χ4n) is 4.06. The molecule has 3 aromatic carbocycles. The Morgan fingerprint density at radius 3 is 2.45 bits per heavy atom. The van der Waals surface area contributed by atoms with Crippen LogP contribution in [-0.4, -0.2) is 15.5 Å². The summed E-state index contributed by atoms with van der Waals surface area (Å²) < 4.78 is 15.7. The minimum absolute atomic E-state index is 0.249. The van der Waals surface area contributed by atoms with Crippen molar-refractivity contribution in [2.45, 2.75) is 12.6 Å². The van der Waals surface area contributed by atoms with Crippen LogP contribution in [0.3, 0.4) is 0 Å². The molecule has 4 nitrogen and oxygen atoms in total. The standard InChI is InChI=1S/C25H19ClFN3O/c26-19-9-13-21(14-10-19)28-25(31)30-16-18-4-1-2-5-22(18)29-15-3-6-23(29)24(30)17-7-11-20(27)12-8-17/h1-15,24H,16H2,(H,28,31)/t24-/m0/s1. The summed E-state index contributed by atoms with van der Waals surface area (Å²) in [7, 11) is 0. The van der Waals surface area contributed by atoms with E-state index in [0.717, 1.165) is 22.5 Å². The molecule has 0 bridgehead atoms. The average molecular weight is 432 g/mol. The van der Waals surface area contributed by atoms with Gasteiger partial charge in [0.2, 0.25) is 0 Å². The van der Waals surface area contributed by atoms with Crippen molar-refractivity contribution < 1.29 is 9.18 Å². The molecule has 0 saturated heterocycles. The lowest BCUT2D eigenvalue weighted by molar-refractivity contribution is 0.194. The van der Waals surface area contributed by atoms with Gasteiger partial charge in [0, 0.05) is 22.6 Å². The number of aromatic nitrogens is 1. The third-order valence-corrected chi connectivity index (χ3v) is 5.76. The minimum Gasteiger partial charge on any atom is -0.318 e. The molecule has 0 saturated carbocycles. The first-order valence-electron chi connectivity index (χ1n) is 9.94. The van der Waals surface area contributed by atoms with Crippen LogP contribution < -0.4 is 5.32 Å². The second-order valence-electron chi connectivity index (χ2n) is 7.45. The Morgan fingerprint density at radius 1 is 0.935 bits per heavy atom. The van der Waals surface area contributed by atoms with Crippen LogP contribution in [0.1, 0.15) is 22.9 Å². The second-order valence-corrected chi connectivity index (χ2v) is 7.89. The molecular formula is C25H19ClFN3O. The van der Waals surface area contributed by atoms with Crippen LogP contribution in [0.2, 0.25) is 5.02 Å². The van der Waals surface area contributed by atoms with Gasteiger partial charge in [0.25, 0.3) is 0 Å². The Hall–Kier alpha value is -3.57. The molecular weight excluding hydrogens is 413 g/mol. The summed E-state index contributed by atoms with van der Waals surface area (Å²) in [5.41, 5.74) is 4.47. The Kier molecular flexibility index (Phi) is 4.96. The molecule has 0 fully saturated rings. The van der Waals surface area contributed by atoms with E-state index in [4.69, 9.17) is 11.6 Å². The van der Waals surface area contributed by atoms with Crippen LogP contribution in [0.25, 0.3) is 5.69 Å². The van der Waals surface area contributed by atoms with Crippen molar-refractivity contribution in [2.24, 2.45) is 0 Å². The number of benzene rings is 3. The molecule has 6 heteroatoms. The fraction of sp³-hybridized carbons (Fsp3) is 0.0800. The van der Waals surface area contributed by atoms with E-state index in [9.17, 15) is 9.18 Å². The lowest BCUT2D eigenvalue weighted by Gasteiger charge is -2.31. The van der Waals surface area contributed by atoms with Gasteiger partial charge < -0.3 is 14.8 Å². The molecule has 1 N–H and O–H groups in total. The molecule has 31 heavy (non-hydrogen) atoms. The summed E-state index contributed by atoms with van der Waals surface area (Å²) in [5, 5.41) is 3.58. The Balaban J connectivity index is 1.62. The number of fused-ring (bicyclic) bond motifs is 3. The van der Waals surface area contributed by atoms with E-state index in [0.29, 0.717) is 17.3 Å². The smallest absolute Gasteiger partial charge is 0.318 e. The van der Waals surface area contributed by atoms with Crippen molar-refractivity contribution in [1.29, 1.82) is 0 Å². The highest BCUT2D eigenvalue weighted by atomic mass is 35.5. The highest BCUT2D eigenvalue weighted by molar-refractivity contribution is 6.30. The van der Waals surface area contributed by atoms with E-state index in [1.165, 1.54) is 12.1 Å². The van der Waals surface area contributed by atoms with E-state index in [-0.39, 0.29) is 11.8 Å². The second kappa shape index (κ2) is 7.93. The third-order valence-electron chi connectivity index (χ3n) is 5.51. The highest BCUT2D eigenvalue weighted by Gasteiger charge is 2.33. The molecule has 1 aliphatic rings. The first-order valence-corrected chi connectivity index (χ1v) is 10.3. The van der Waals surface area contributed by atoms with Crippen LogP contribution in [0, 0.1) is 5.82 Å². The zero-order chi connectivity index (χ0) is 21.4. The lowest BCUT2D eigenvalue weighted by Crippen LogP contribution is -2.37. The summed E-state index contributed by atoms with van der Waals surface area (Å²) in [4.78, 5) is 15.3. The van der Waals surface area contributed by atoms with Gasteiger partial charge in [-0.1, -0.05) is 41.9 Å². The molecule has 4 aromatic rings. The fourth-order valence-corrected chi connectivity index (χ4v) is 4.19. The number of carbonyl (C=O) groups is 1. The van der Waals surface area contributed by atoms with Crippen LogP contribution in [0.5, 0.6) is 0 Å². The van der Waals surface area contributed by atoms with Gasteiger partial charge in [-0.3, -0.25) is 0 Å². The Labute approximate surface area is 184 Å². The lowest BCUT2D eigenvalue weighted by atomic mass is 10.0. The first kappa shape index (κ1) is 19.4. The third kappa shape index (κ3) is 3.68. The van der Waals surface area contributed by atoms with Gasteiger partial charge in [0.05, 0.1) is 18.3 Å². The number of nitrogens with zero attached hydrogens (tertiary/aromatic N) is 2. The molecule has 0 unspecified atom stereocenters. The molecule has 5 rings (SSSR count). The number of halogens is 2. The summed E-state index contributed by atoms with van der Waals surface area (Å²) in [6, 6.07) is 24.7. The normalized spacial score (nSPS) is 15.0. The molecule has 1 aromatic heterocycles. The molecule has 1 atom stereocenters. The summed E-state index contributed by atoms with van der Waals surface area (Å²) >= 11 is 5.98. The predicted octanol–water partition coefficient (Wildman–Crippen LogP) is 6.41. The number of amides is 2. The van der Waals surface area contributed by atoms with Crippen LogP contribution in [0.4, 0.5) is 14.9 Å². The topological polar surface area (TPSA) is 37.3 Å². The molecule has 0 aliphatic carbocycles. The molecule has 154 valence electrons. The Bertz CT molecular complexity index is 1230. The zero-order valence-corrected chi connectivity index (χ0v) is 17.3. The molecule has 1 aliphatic heterocycles. The number of hydrogen-bond acceptors (Lipinski definition) is 1. The van der Waals surface area contributed by atoms with Crippen LogP contribution in [-0.2, 0) is 6.54 Å². The predicted molar refractivity (Wildman–Crippen MR) is 120 cm³/mol. The minimum atomic E-state index is -0.393. The first-order chi connectivity index (χ1) is 15.1. The van der Waals surface area contributed by atoms with Crippen molar-refractivity contribution >= 4 is 23.3 Å². The number of rotatable bonds is 2. The number of nitrogens with one attached hydrogen (secondary N) is 1. The van der Waals surface area contributed by atoms with Gasteiger partial charge in [0.1, 0.15) is 5.82 Å². The van der Waals surface area contributed by atoms with E-state index in [1.54, 1.807) is 41.3 Å². The molecule has 0 spiro atoms. The molecule has 0 radical (unpaired) electrons. The average Bonchev–Trinajstić information content (AvgIpc) is 3.20. The van der Waals surface area contributed by atoms with Crippen LogP contribution in [0.15, 0.2) is 91.1 Å². The number of urea groups is 1. The Morgan fingerprint density at radius 2 is 1.68 bits per heavy atom. The van der Waals surface area contributed by atoms with Gasteiger partial charge in [-0.2, -0.15) is 0 Å². The summed E-state index contributed by atoms with van der Waals surface area (Å²) in [5.74, 6) is -0.312. The van der Waals surface area contributed by atoms with Gasteiger partial charge >= 0.3 is 6.03 Å². The van der Waals surface area contributed by atoms with Gasteiger partial charge in [-0.15, -0.1) is 0 Å². The van der Waals surface area contributed by atoms with Crippen molar-refractivity contribution in [2.75, 3.05) is 5.32 Å². The van der Waals surface area contributed by atoms with E-state index in [1.807, 2.05) is 42.6 Å².